The van der Waals surface area contributed by atoms with Crippen LogP contribution < -0.4 is 10.3 Å². The number of hydrogen-bond acceptors (Lipinski definition) is 5. The molecule has 4 aromatic rings. The second kappa shape index (κ2) is 10.8. The zero-order valence-corrected chi connectivity index (χ0v) is 19.6. The first-order valence-electron chi connectivity index (χ1n) is 10.9. The van der Waals surface area contributed by atoms with Gasteiger partial charge in [0.25, 0.3) is 5.91 Å². The number of carbonyl (C=O) groups is 1. The summed E-state index contributed by atoms with van der Waals surface area (Å²) in [4.78, 5) is 19.1. The van der Waals surface area contributed by atoms with Gasteiger partial charge in [-0.05, 0) is 42.3 Å². The summed E-state index contributed by atoms with van der Waals surface area (Å²) in [6.07, 6.45) is 1.66. The molecule has 0 spiro atoms. The Morgan fingerprint density at radius 1 is 1.06 bits per heavy atom. The molecule has 4 rings (SSSR count). The predicted octanol–water partition coefficient (Wildman–Crippen LogP) is 4.84. The van der Waals surface area contributed by atoms with Crippen molar-refractivity contribution < 1.29 is 4.79 Å². The summed E-state index contributed by atoms with van der Waals surface area (Å²) in [5, 5.41) is 4.91. The molecule has 0 saturated carbocycles. The molecule has 33 heavy (non-hydrogen) atoms. The summed E-state index contributed by atoms with van der Waals surface area (Å²) in [6.45, 7) is 3.94. The third-order valence-corrected chi connectivity index (χ3v) is 6.37. The molecule has 6 nitrogen and oxygen atoms in total. The first kappa shape index (κ1) is 22.6. The topological polar surface area (TPSA) is 62.5 Å². The number of nitrogens with zero attached hydrogens (tertiary/aromatic N) is 4. The Morgan fingerprint density at radius 2 is 1.79 bits per heavy atom. The van der Waals surface area contributed by atoms with E-state index >= 15 is 0 Å². The van der Waals surface area contributed by atoms with E-state index < -0.39 is 0 Å². The van der Waals surface area contributed by atoms with Gasteiger partial charge in [0, 0.05) is 25.8 Å². The van der Waals surface area contributed by atoms with Crippen LogP contribution in [0.4, 0.5) is 5.69 Å². The molecule has 7 heteroatoms. The number of carbonyl (C=O) groups excluding carboxylic acids is 1. The van der Waals surface area contributed by atoms with Crippen molar-refractivity contribution in [2.75, 3.05) is 17.2 Å². The largest absolute Gasteiger partial charge is 0.367 e. The fraction of sp³-hybridized carbons (Fsp3) is 0.192. The van der Waals surface area contributed by atoms with Crippen LogP contribution in [0.25, 0.3) is 11.0 Å². The maximum Gasteiger partial charge on any atom is 0.250 e. The Hall–Kier alpha value is -3.58. The number of anilines is 1. The minimum Gasteiger partial charge on any atom is -0.367 e. The number of fused-ring (bicyclic) bond motifs is 1. The number of rotatable bonds is 9. The van der Waals surface area contributed by atoms with E-state index in [1.807, 2.05) is 54.1 Å². The highest BCUT2D eigenvalue weighted by atomic mass is 32.2. The lowest BCUT2D eigenvalue weighted by atomic mass is 10.1. The van der Waals surface area contributed by atoms with Crippen LogP contribution in [0.2, 0.25) is 0 Å². The number of amides is 1. The number of hydrogen-bond donors (Lipinski definition) is 1. The lowest BCUT2D eigenvalue weighted by Crippen LogP contribution is -2.21. The van der Waals surface area contributed by atoms with Crippen molar-refractivity contribution in [3.63, 3.8) is 0 Å². The van der Waals surface area contributed by atoms with E-state index in [4.69, 9.17) is 0 Å². The molecule has 0 aliphatic rings. The van der Waals surface area contributed by atoms with Gasteiger partial charge < -0.3 is 9.47 Å². The quantitative estimate of drug-likeness (QED) is 0.222. The van der Waals surface area contributed by atoms with Crippen LogP contribution in [-0.4, -0.2) is 34.0 Å². The Labute approximate surface area is 198 Å². The van der Waals surface area contributed by atoms with Crippen molar-refractivity contribution in [2.24, 2.45) is 12.1 Å². The van der Waals surface area contributed by atoms with Crippen LogP contribution >= 0.6 is 11.8 Å². The molecule has 1 heterocycles. The summed E-state index contributed by atoms with van der Waals surface area (Å²) in [6, 6.07) is 26.5. The van der Waals surface area contributed by atoms with Gasteiger partial charge in [-0.25, -0.2) is 10.4 Å². The van der Waals surface area contributed by atoms with Gasteiger partial charge >= 0.3 is 0 Å². The van der Waals surface area contributed by atoms with Crippen molar-refractivity contribution >= 4 is 40.6 Å². The molecule has 0 fully saturated rings. The first-order valence-corrected chi connectivity index (χ1v) is 11.9. The van der Waals surface area contributed by atoms with E-state index in [0.29, 0.717) is 0 Å². The molecule has 0 aliphatic carbocycles. The number of para-hydroxylation sites is 2. The van der Waals surface area contributed by atoms with Gasteiger partial charge in [-0.15, -0.1) is 0 Å². The second-order valence-electron chi connectivity index (χ2n) is 7.62. The smallest absolute Gasteiger partial charge is 0.250 e. The van der Waals surface area contributed by atoms with Crippen molar-refractivity contribution in [1.29, 1.82) is 0 Å². The molecular weight excluding hydrogens is 430 g/mol. The number of aryl methyl sites for hydroxylation is 1. The van der Waals surface area contributed by atoms with E-state index in [9.17, 15) is 4.79 Å². The van der Waals surface area contributed by atoms with Gasteiger partial charge in [0.05, 0.1) is 23.0 Å². The molecule has 168 valence electrons. The summed E-state index contributed by atoms with van der Waals surface area (Å²) < 4.78 is 2.00. The average molecular weight is 458 g/mol. The highest BCUT2D eigenvalue weighted by Crippen LogP contribution is 2.22. The molecule has 3 aromatic carbocycles. The van der Waals surface area contributed by atoms with Crippen LogP contribution in [0.5, 0.6) is 0 Å². The normalized spacial score (nSPS) is 11.2. The highest BCUT2D eigenvalue weighted by Gasteiger charge is 2.10. The van der Waals surface area contributed by atoms with Crippen molar-refractivity contribution in [2.45, 2.75) is 18.6 Å². The average Bonchev–Trinajstić information content (AvgIpc) is 3.18. The van der Waals surface area contributed by atoms with Gasteiger partial charge in [-0.1, -0.05) is 66.4 Å². The summed E-state index contributed by atoms with van der Waals surface area (Å²) in [5.41, 5.74) is 7.94. The zero-order chi connectivity index (χ0) is 23.0. The van der Waals surface area contributed by atoms with E-state index in [1.165, 1.54) is 17.3 Å². The number of thioether (sulfide) groups is 1. The first-order chi connectivity index (χ1) is 16.1. The standard InChI is InChI=1S/C26H27N5OS/c1-3-31(18-21-9-5-4-6-10-21)22-15-13-20(14-16-22)17-27-29-25(32)19-33-26-28-23-11-7-8-12-24(23)30(26)2/h4-17H,3,18-19H2,1-2H3,(H,29,32)/b27-17-. The molecule has 0 bridgehead atoms. The number of imidazole rings is 1. The summed E-state index contributed by atoms with van der Waals surface area (Å²) in [5.74, 6) is 0.0817. The molecule has 0 atom stereocenters. The Morgan fingerprint density at radius 3 is 2.52 bits per heavy atom. The van der Waals surface area contributed by atoms with E-state index in [1.54, 1.807) is 6.21 Å². The van der Waals surface area contributed by atoms with Crippen LogP contribution in [0, 0.1) is 0 Å². The Balaban J connectivity index is 1.28. The van der Waals surface area contributed by atoms with Crippen LogP contribution in [0.3, 0.4) is 0 Å². The minimum absolute atomic E-state index is 0.167. The molecule has 0 radical (unpaired) electrons. The molecule has 0 unspecified atom stereocenters. The monoisotopic (exact) mass is 457 g/mol. The van der Waals surface area contributed by atoms with Gasteiger partial charge in [0.15, 0.2) is 5.16 Å². The van der Waals surface area contributed by atoms with Crippen molar-refractivity contribution in [3.05, 3.63) is 90.0 Å². The molecular formula is C26H27N5OS. The lowest BCUT2D eigenvalue weighted by Gasteiger charge is -2.23. The molecule has 1 amide bonds. The Kier molecular flexibility index (Phi) is 7.42. The van der Waals surface area contributed by atoms with Gasteiger partial charge in [0.2, 0.25) is 0 Å². The van der Waals surface area contributed by atoms with Gasteiger partial charge in [-0.2, -0.15) is 5.10 Å². The van der Waals surface area contributed by atoms with Crippen LogP contribution in [-0.2, 0) is 18.4 Å². The third-order valence-electron chi connectivity index (χ3n) is 5.34. The summed E-state index contributed by atoms with van der Waals surface area (Å²) >= 11 is 1.40. The highest BCUT2D eigenvalue weighted by molar-refractivity contribution is 7.99. The van der Waals surface area contributed by atoms with Crippen molar-refractivity contribution in [1.82, 2.24) is 15.0 Å². The predicted molar refractivity (Wildman–Crippen MR) is 137 cm³/mol. The van der Waals surface area contributed by atoms with Crippen molar-refractivity contribution in [3.8, 4) is 0 Å². The molecule has 0 aliphatic heterocycles. The summed E-state index contributed by atoms with van der Waals surface area (Å²) in [7, 11) is 1.96. The molecule has 1 aromatic heterocycles. The molecule has 1 N–H and O–H groups in total. The zero-order valence-electron chi connectivity index (χ0n) is 18.8. The number of nitrogens with one attached hydrogen (secondary N) is 1. The van der Waals surface area contributed by atoms with Crippen LogP contribution in [0.1, 0.15) is 18.1 Å². The number of benzene rings is 3. The number of aromatic nitrogens is 2. The van der Waals surface area contributed by atoms with Gasteiger partial charge in [-0.3, -0.25) is 4.79 Å². The van der Waals surface area contributed by atoms with E-state index in [0.717, 1.165) is 40.5 Å². The fourth-order valence-corrected chi connectivity index (χ4v) is 4.33. The minimum atomic E-state index is -0.167. The maximum atomic E-state index is 12.2. The second-order valence-corrected chi connectivity index (χ2v) is 8.56. The van der Waals surface area contributed by atoms with E-state index in [2.05, 4.69) is 63.7 Å². The third kappa shape index (κ3) is 5.81. The SMILES string of the molecule is CCN(Cc1ccccc1)c1ccc(/C=N\NC(=O)CSc2nc3ccccc3n2C)cc1. The lowest BCUT2D eigenvalue weighted by molar-refractivity contribution is -0.118. The van der Waals surface area contributed by atoms with Crippen LogP contribution in [0.15, 0.2) is 89.1 Å². The Bertz CT molecular complexity index is 1230. The number of hydrazone groups is 1. The maximum absolute atomic E-state index is 12.2. The fourth-order valence-electron chi connectivity index (χ4n) is 3.55. The van der Waals surface area contributed by atoms with E-state index in [-0.39, 0.29) is 11.7 Å². The van der Waals surface area contributed by atoms with Gasteiger partial charge in [0.1, 0.15) is 0 Å². The molecule has 0 saturated heterocycles.